The lowest BCUT2D eigenvalue weighted by Crippen LogP contribution is -3.03. The summed E-state index contributed by atoms with van der Waals surface area (Å²) in [5.74, 6) is 0. The van der Waals surface area contributed by atoms with Crippen molar-refractivity contribution >= 4 is 0 Å². The average Bonchev–Trinajstić information content (AvgIpc) is 0.811. The zero-order chi connectivity index (χ0) is 3.58. The highest BCUT2D eigenvalue weighted by Crippen LogP contribution is 0.824. The van der Waals surface area contributed by atoms with Gasteiger partial charge in [-0.15, -0.1) is 0 Å². The quantitative estimate of drug-likeness (QED) is 0.293. The maximum Gasteiger partial charge on any atom is 0.130 e. The van der Waals surface area contributed by atoms with E-state index in [1.54, 1.807) is 0 Å². The van der Waals surface area contributed by atoms with Crippen LogP contribution in [0.3, 0.4) is 0 Å². The molecule has 3 nitrogen and oxygen atoms in total. The van der Waals surface area contributed by atoms with Crippen LogP contribution in [0.15, 0.2) is 0 Å². The minimum absolute atomic E-state index is 0.583. The van der Waals surface area contributed by atoms with E-state index in [9.17, 15) is 0 Å². The highest BCUT2D eigenvalue weighted by Gasteiger charge is 1.67. The van der Waals surface area contributed by atoms with Crippen molar-refractivity contribution in [2.24, 2.45) is 0 Å². The molecule has 0 amide bonds. The first-order valence-electron chi connectivity index (χ1n) is 0.947. The number of quaternary nitrogens is 1. The van der Waals surface area contributed by atoms with Crippen molar-refractivity contribution in [3.05, 3.63) is 0 Å². The van der Waals surface area contributed by atoms with E-state index in [1.807, 2.05) is 0 Å². The Morgan fingerprint density at radius 3 is 1.50 bits per heavy atom. The third kappa shape index (κ3) is 101. The molecule has 4 heavy (non-hydrogen) atoms. The van der Waals surface area contributed by atoms with E-state index in [1.165, 1.54) is 7.05 Å². The molecule has 0 spiro atoms. The van der Waals surface area contributed by atoms with E-state index >= 15 is 0 Å². The topological polar surface area (TPSA) is 44.9 Å². The summed E-state index contributed by atoms with van der Waals surface area (Å²) >= 11 is 0. The summed E-state index contributed by atoms with van der Waals surface area (Å²) in [5.41, 5.74) is 0. The maximum absolute atomic E-state index is 7.53. The van der Waals surface area contributed by atoms with Crippen molar-refractivity contribution in [1.29, 1.82) is 0 Å². The largest absolute Gasteiger partial charge is 0.184 e. The molecular formula is CH6NO2+. The Kier molecular flexibility index (Phi) is 1.19. The second kappa shape index (κ2) is 1.23. The first kappa shape index (κ1) is 3.88. The zero-order valence-electron chi connectivity index (χ0n) is 2.39. The molecule has 3 N–H and O–H groups in total. The zero-order valence-corrected chi connectivity index (χ0v) is 2.39. The van der Waals surface area contributed by atoms with Gasteiger partial charge in [0.25, 0.3) is 0 Å². The summed E-state index contributed by atoms with van der Waals surface area (Å²) < 4.78 is 0. The molecule has 0 saturated carbocycles. The predicted octanol–water partition coefficient (Wildman–Crippen LogP) is -1.72. The van der Waals surface area contributed by atoms with Crippen LogP contribution in [-0.4, -0.2) is 17.5 Å². The van der Waals surface area contributed by atoms with Gasteiger partial charge in [-0.25, -0.2) is 0 Å². The van der Waals surface area contributed by atoms with Gasteiger partial charge in [-0.2, -0.15) is 10.4 Å². The highest BCUT2D eigenvalue weighted by molar-refractivity contribution is 3.18. The molecule has 0 heterocycles. The highest BCUT2D eigenvalue weighted by atomic mass is 16.8. The molecule has 0 bridgehead atoms. The SMILES string of the molecule is C[NH+](O)O. The first-order chi connectivity index (χ1) is 1.73. The van der Waals surface area contributed by atoms with Crippen molar-refractivity contribution in [1.82, 2.24) is 0 Å². The molecule has 0 unspecified atom stereocenters. The third-order valence-corrected chi connectivity index (χ3v) is 0. The monoisotopic (exact) mass is 64.0 g/mol. The standard InChI is InChI=1S/CH5NO2/c1-2(3)4/h3-4H,1H3/p+1. The fourth-order valence-corrected chi connectivity index (χ4v) is 0. The molecule has 0 atom stereocenters. The molecule has 0 fully saturated rings. The maximum atomic E-state index is 7.53. The van der Waals surface area contributed by atoms with Gasteiger partial charge < -0.3 is 0 Å². The number of hydrogen-bond acceptors (Lipinski definition) is 2. The Morgan fingerprint density at radius 2 is 1.50 bits per heavy atom. The van der Waals surface area contributed by atoms with Crippen molar-refractivity contribution in [3.63, 3.8) is 0 Å². The lowest BCUT2D eigenvalue weighted by Gasteiger charge is -1.81. The first-order valence-corrected chi connectivity index (χ1v) is 0.947. The van der Waals surface area contributed by atoms with Crippen LogP contribution in [0.5, 0.6) is 0 Å². The summed E-state index contributed by atoms with van der Waals surface area (Å²) in [6.45, 7) is 0. The van der Waals surface area contributed by atoms with Crippen molar-refractivity contribution < 1.29 is 15.6 Å². The van der Waals surface area contributed by atoms with Gasteiger partial charge in [-0.05, 0) is 0 Å². The van der Waals surface area contributed by atoms with E-state index in [2.05, 4.69) is 0 Å². The molecule has 26 valence electrons. The molecule has 0 aromatic carbocycles. The van der Waals surface area contributed by atoms with E-state index in [0.29, 0.717) is 0 Å². The second-order valence-electron chi connectivity index (χ2n) is 0.547. The fourth-order valence-electron chi connectivity index (χ4n) is 0. The van der Waals surface area contributed by atoms with Crippen LogP contribution in [-0.2, 0) is 0 Å². The van der Waals surface area contributed by atoms with E-state index in [4.69, 9.17) is 10.4 Å². The van der Waals surface area contributed by atoms with Crippen LogP contribution in [0.25, 0.3) is 0 Å². The Labute approximate surface area is 24.0 Å². The Bertz CT molecular complexity index is 10.8. The van der Waals surface area contributed by atoms with Crippen LogP contribution >= 0.6 is 0 Å². The van der Waals surface area contributed by atoms with Gasteiger partial charge in [-0.3, -0.25) is 0 Å². The molecule has 0 aromatic heterocycles. The van der Waals surface area contributed by atoms with Crippen LogP contribution in [0.2, 0.25) is 0 Å². The smallest absolute Gasteiger partial charge is 0.130 e. The lowest BCUT2D eigenvalue weighted by molar-refractivity contribution is -1.23. The molecule has 0 aliphatic rings. The van der Waals surface area contributed by atoms with Gasteiger partial charge in [0.2, 0.25) is 0 Å². The Hall–Kier alpha value is -0.120. The third-order valence-electron chi connectivity index (χ3n) is 0. The van der Waals surface area contributed by atoms with Crippen LogP contribution in [0.1, 0.15) is 0 Å². The van der Waals surface area contributed by atoms with Gasteiger partial charge in [0.05, 0.1) is 0 Å². The van der Waals surface area contributed by atoms with Gasteiger partial charge in [0.15, 0.2) is 0 Å². The summed E-state index contributed by atoms with van der Waals surface area (Å²) in [6, 6.07) is 0. The minimum Gasteiger partial charge on any atom is -0.184 e. The van der Waals surface area contributed by atoms with Gasteiger partial charge in [0, 0.05) is 0 Å². The fraction of sp³-hybridized carbons (Fsp3) is 1.00. The average molecular weight is 64.1 g/mol. The predicted molar refractivity (Wildman–Crippen MR) is 10.5 cm³/mol. The molecule has 0 aliphatic carbocycles. The number of rotatable bonds is 0. The molecule has 0 radical (unpaired) electrons. The molecule has 3 heteroatoms. The minimum atomic E-state index is -0.583. The summed E-state index contributed by atoms with van der Waals surface area (Å²) in [4.78, 5) is 0. The number of hydroxylamine groups is 2. The van der Waals surface area contributed by atoms with Crippen molar-refractivity contribution in [3.8, 4) is 0 Å². The van der Waals surface area contributed by atoms with E-state index in [-0.39, 0.29) is 0 Å². The Morgan fingerprint density at radius 1 is 1.50 bits per heavy atom. The summed E-state index contributed by atoms with van der Waals surface area (Å²) in [6.07, 6.45) is 0. The second-order valence-corrected chi connectivity index (χ2v) is 0.547. The van der Waals surface area contributed by atoms with Crippen LogP contribution in [0.4, 0.5) is 0 Å². The molecular weight excluding hydrogens is 58.0 g/mol. The van der Waals surface area contributed by atoms with Crippen molar-refractivity contribution in [2.75, 3.05) is 7.05 Å². The Balaban J connectivity index is 2.32. The summed E-state index contributed by atoms with van der Waals surface area (Å²) in [5, 5.41) is 14.5. The van der Waals surface area contributed by atoms with Crippen LogP contribution in [0, 0.1) is 0 Å². The molecule has 0 saturated heterocycles. The molecule has 0 rings (SSSR count). The van der Waals surface area contributed by atoms with E-state index in [0.717, 1.165) is 0 Å². The van der Waals surface area contributed by atoms with Gasteiger partial charge in [0.1, 0.15) is 7.05 Å². The van der Waals surface area contributed by atoms with Crippen molar-refractivity contribution in [2.45, 2.75) is 0 Å². The lowest BCUT2D eigenvalue weighted by atomic mass is 11.5. The number of nitrogens with one attached hydrogen (secondary N) is 1. The summed E-state index contributed by atoms with van der Waals surface area (Å²) in [7, 11) is 1.19. The van der Waals surface area contributed by atoms with E-state index < -0.39 is 5.23 Å². The van der Waals surface area contributed by atoms with Gasteiger partial charge in [-0.1, -0.05) is 5.23 Å². The van der Waals surface area contributed by atoms with Crippen LogP contribution < -0.4 is 5.23 Å². The molecule has 0 aromatic rings. The normalized spacial score (nSPS) is 9.00. The molecule has 0 aliphatic heterocycles. The van der Waals surface area contributed by atoms with Gasteiger partial charge >= 0.3 is 0 Å². The number of hydrogen-bond donors (Lipinski definition) is 3.